The monoisotopic (exact) mass is 357 g/mol. The summed E-state index contributed by atoms with van der Waals surface area (Å²) in [6.45, 7) is 0.763. The van der Waals surface area contributed by atoms with Gasteiger partial charge in [0, 0.05) is 21.1 Å². The largest absolute Gasteiger partial charge is 0.489 e. The van der Waals surface area contributed by atoms with Crippen molar-refractivity contribution < 1.29 is 9.13 Å². The fourth-order valence-electron chi connectivity index (χ4n) is 1.81. The molecule has 2 aromatic carbocycles. The molecule has 0 aromatic heterocycles. The van der Waals surface area contributed by atoms with E-state index in [0.717, 1.165) is 15.6 Å². The van der Waals surface area contributed by atoms with E-state index in [1.54, 1.807) is 12.1 Å². The third-order valence-corrected chi connectivity index (χ3v) is 3.62. The minimum absolute atomic E-state index is 0.289. The molecule has 2 rings (SSSR count). The molecule has 0 saturated heterocycles. The highest BCUT2D eigenvalue weighted by molar-refractivity contribution is 9.10. The van der Waals surface area contributed by atoms with E-state index < -0.39 is 0 Å². The maximum Gasteiger partial charge on any atom is 0.127 e. The van der Waals surface area contributed by atoms with Crippen LogP contribution in [0.15, 0.2) is 40.9 Å². The van der Waals surface area contributed by atoms with Crippen LogP contribution in [0.4, 0.5) is 4.39 Å². The van der Waals surface area contributed by atoms with Crippen LogP contribution in [0, 0.1) is 5.82 Å². The van der Waals surface area contributed by atoms with E-state index in [0.29, 0.717) is 23.7 Å². The number of nitrogens with two attached hydrogens (primary N) is 1. The van der Waals surface area contributed by atoms with E-state index in [9.17, 15) is 4.39 Å². The zero-order valence-corrected chi connectivity index (χ0v) is 13.0. The van der Waals surface area contributed by atoms with Gasteiger partial charge in [-0.1, -0.05) is 33.6 Å². The Labute approximate surface area is 130 Å². The lowest BCUT2D eigenvalue weighted by Crippen LogP contribution is -2.04. The van der Waals surface area contributed by atoms with Gasteiger partial charge in [0.25, 0.3) is 0 Å². The summed E-state index contributed by atoms with van der Waals surface area (Å²) in [5.41, 5.74) is 7.14. The Kier molecular flexibility index (Phi) is 5.40. The summed E-state index contributed by atoms with van der Waals surface area (Å²) in [6, 6.07) is 10.2. The number of hydrogen-bond donors (Lipinski definition) is 1. The molecular formula is C15H14BrClFNO. The Morgan fingerprint density at radius 3 is 2.70 bits per heavy atom. The fourth-order valence-corrected chi connectivity index (χ4v) is 2.54. The maximum absolute atomic E-state index is 13.5. The lowest BCUT2D eigenvalue weighted by atomic mass is 10.1. The van der Waals surface area contributed by atoms with Crippen molar-refractivity contribution in [2.75, 3.05) is 6.54 Å². The predicted octanol–water partition coefficient (Wildman–Crippen LogP) is 4.32. The van der Waals surface area contributed by atoms with E-state index >= 15 is 0 Å². The zero-order chi connectivity index (χ0) is 14.5. The van der Waals surface area contributed by atoms with Crippen molar-refractivity contribution in [2.24, 2.45) is 5.73 Å². The van der Waals surface area contributed by atoms with Crippen molar-refractivity contribution in [3.8, 4) is 5.75 Å². The molecule has 0 amide bonds. The van der Waals surface area contributed by atoms with Crippen LogP contribution in [0.1, 0.15) is 11.1 Å². The van der Waals surface area contributed by atoms with E-state index in [1.165, 1.54) is 12.1 Å². The number of hydrogen-bond acceptors (Lipinski definition) is 2. The first-order valence-electron chi connectivity index (χ1n) is 6.15. The van der Waals surface area contributed by atoms with Crippen LogP contribution in [0.5, 0.6) is 5.75 Å². The third-order valence-electron chi connectivity index (χ3n) is 2.77. The number of benzene rings is 2. The first-order chi connectivity index (χ1) is 9.58. The van der Waals surface area contributed by atoms with Gasteiger partial charge in [-0.25, -0.2) is 4.39 Å². The Bertz CT molecular complexity index is 606. The van der Waals surface area contributed by atoms with Gasteiger partial charge in [-0.15, -0.1) is 0 Å². The van der Waals surface area contributed by atoms with Crippen LogP contribution in [-0.2, 0) is 13.0 Å². The average Bonchev–Trinajstić information content (AvgIpc) is 2.37. The van der Waals surface area contributed by atoms with Crippen LogP contribution in [0.2, 0.25) is 5.02 Å². The normalized spacial score (nSPS) is 10.6. The van der Waals surface area contributed by atoms with Gasteiger partial charge >= 0.3 is 0 Å². The Balaban J connectivity index is 2.10. The van der Waals surface area contributed by atoms with E-state index in [4.69, 9.17) is 22.1 Å². The molecule has 20 heavy (non-hydrogen) atoms. The topological polar surface area (TPSA) is 35.2 Å². The van der Waals surface area contributed by atoms with Crippen LogP contribution in [-0.4, -0.2) is 6.54 Å². The number of rotatable bonds is 5. The standard InChI is InChI=1S/C15H14BrClFNO/c16-12-2-1-11(15(17)7-12)9-20-14-6-10(3-4-19)5-13(18)8-14/h1-2,5-8H,3-4,9,19H2. The van der Waals surface area contributed by atoms with Crippen LogP contribution in [0.3, 0.4) is 0 Å². The summed E-state index contributed by atoms with van der Waals surface area (Å²) in [7, 11) is 0. The highest BCUT2D eigenvalue weighted by Crippen LogP contribution is 2.24. The van der Waals surface area contributed by atoms with Gasteiger partial charge in [0.05, 0.1) is 0 Å². The summed E-state index contributed by atoms with van der Waals surface area (Å²) in [5.74, 6) is 0.153. The van der Waals surface area contributed by atoms with Crippen molar-refractivity contribution in [2.45, 2.75) is 13.0 Å². The summed E-state index contributed by atoms with van der Waals surface area (Å²) in [4.78, 5) is 0. The van der Waals surface area contributed by atoms with E-state index in [-0.39, 0.29) is 12.4 Å². The Morgan fingerprint density at radius 2 is 2.00 bits per heavy atom. The second-order valence-corrected chi connectivity index (χ2v) is 5.68. The first kappa shape index (κ1) is 15.3. The van der Waals surface area contributed by atoms with Crippen LogP contribution in [0.25, 0.3) is 0 Å². The smallest absolute Gasteiger partial charge is 0.127 e. The molecule has 0 fully saturated rings. The summed E-state index contributed by atoms with van der Waals surface area (Å²) < 4.78 is 20.0. The molecule has 0 spiro atoms. The molecule has 0 unspecified atom stereocenters. The molecule has 0 heterocycles. The minimum Gasteiger partial charge on any atom is -0.489 e. The van der Waals surface area contributed by atoms with Crippen LogP contribution >= 0.6 is 27.5 Å². The van der Waals surface area contributed by atoms with Gasteiger partial charge in [-0.2, -0.15) is 0 Å². The number of ether oxygens (including phenoxy) is 1. The van der Waals surface area contributed by atoms with Gasteiger partial charge in [-0.3, -0.25) is 0 Å². The fraction of sp³-hybridized carbons (Fsp3) is 0.200. The molecule has 0 bridgehead atoms. The first-order valence-corrected chi connectivity index (χ1v) is 7.32. The highest BCUT2D eigenvalue weighted by atomic mass is 79.9. The summed E-state index contributed by atoms with van der Waals surface area (Å²) in [5, 5.41) is 0.609. The molecular weight excluding hydrogens is 345 g/mol. The predicted molar refractivity (Wildman–Crippen MR) is 82.6 cm³/mol. The van der Waals surface area contributed by atoms with Gasteiger partial charge in [0.15, 0.2) is 0 Å². The number of halogens is 3. The van der Waals surface area contributed by atoms with Crippen molar-refractivity contribution in [3.05, 3.63) is 62.8 Å². The van der Waals surface area contributed by atoms with Gasteiger partial charge in [0.2, 0.25) is 0 Å². The van der Waals surface area contributed by atoms with Gasteiger partial charge in [-0.05, 0) is 42.8 Å². The SMILES string of the molecule is NCCc1cc(F)cc(OCc2ccc(Br)cc2Cl)c1. The lowest BCUT2D eigenvalue weighted by molar-refractivity contribution is 0.304. The maximum atomic E-state index is 13.5. The molecule has 2 aromatic rings. The molecule has 0 aliphatic carbocycles. The van der Waals surface area contributed by atoms with E-state index in [2.05, 4.69) is 15.9 Å². The van der Waals surface area contributed by atoms with Gasteiger partial charge < -0.3 is 10.5 Å². The molecule has 0 atom stereocenters. The van der Waals surface area contributed by atoms with Crippen molar-refractivity contribution in [1.29, 1.82) is 0 Å². The molecule has 0 aliphatic rings. The van der Waals surface area contributed by atoms with Gasteiger partial charge in [0.1, 0.15) is 18.2 Å². The average molecular weight is 359 g/mol. The lowest BCUT2D eigenvalue weighted by Gasteiger charge is -2.10. The summed E-state index contributed by atoms with van der Waals surface area (Å²) >= 11 is 9.45. The quantitative estimate of drug-likeness (QED) is 0.864. The second kappa shape index (κ2) is 7.07. The Hall–Kier alpha value is -1.10. The molecule has 106 valence electrons. The molecule has 0 saturated carbocycles. The van der Waals surface area contributed by atoms with Crippen molar-refractivity contribution >= 4 is 27.5 Å². The summed E-state index contributed by atoms with van der Waals surface area (Å²) in [6.07, 6.45) is 0.618. The Morgan fingerprint density at radius 1 is 1.20 bits per heavy atom. The van der Waals surface area contributed by atoms with Crippen molar-refractivity contribution in [3.63, 3.8) is 0 Å². The minimum atomic E-state index is -0.326. The zero-order valence-electron chi connectivity index (χ0n) is 10.7. The second-order valence-electron chi connectivity index (χ2n) is 4.36. The highest BCUT2D eigenvalue weighted by Gasteiger charge is 2.05. The third kappa shape index (κ3) is 4.20. The van der Waals surface area contributed by atoms with E-state index in [1.807, 2.05) is 12.1 Å². The molecule has 2 nitrogen and oxygen atoms in total. The molecule has 0 radical (unpaired) electrons. The molecule has 2 N–H and O–H groups in total. The van der Waals surface area contributed by atoms with Crippen LogP contribution < -0.4 is 10.5 Å². The molecule has 0 aliphatic heterocycles. The molecule has 5 heteroatoms. The van der Waals surface area contributed by atoms with Crippen molar-refractivity contribution in [1.82, 2.24) is 0 Å².